The molecule has 0 spiro atoms. The van der Waals surface area contributed by atoms with Crippen LogP contribution in [0.15, 0.2) is 231 Å². The minimum Gasteiger partial charge on any atom is -0.278 e. The predicted molar refractivity (Wildman–Crippen MR) is 261 cm³/mol. The normalized spacial score (nSPS) is 11.8. The van der Waals surface area contributed by atoms with Crippen LogP contribution in [0.5, 0.6) is 0 Å². The highest BCUT2D eigenvalue weighted by Gasteiger charge is 2.41. The highest BCUT2D eigenvalue weighted by Crippen LogP contribution is 2.33. The highest BCUT2D eigenvalue weighted by molar-refractivity contribution is 7.20. The zero-order valence-electron chi connectivity index (χ0n) is 34.1. The molecule has 0 saturated carbocycles. The Balaban J connectivity index is 0.980. The van der Waals surface area contributed by atoms with E-state index in [1.165, 1.54) is 42.3 Å². The fraction of sp³-hybridized carbons (Fsp3) is 0. The molecule has 6 nitrogen and oxygen atoms in total. The van der Waals surface area contributed by atoms with Crippen molar-refractivity contribution in [2.24, 2.45) is 0 Å². The van der Waals surface area contributed by atoms with Crippen LogP contribution < -0.4 is 20.7 Å². The van der Waals surface area contributed by atoms with Crippen molar-refractivity contribution in [1.82, 2.24) is 29.1 Å². The molecule has 12 aromatic rings. The van der Waals surface area contributed by atoms with Gasteiger partial charge in [-0.15, -0.1) is 0 Å². The third-order valence-electron chi connectivity index (χ3n) is 12.5. The molecule has 296 valence electrons. The molecule has 0 aliphatic heterocycles. The Hall–Kier alpha value is -8.26. The average Bonchev–Trinajstić information content (AvgIpc) is 3.88. The molecule has 0 saturated heterocycles. The number of rotatable bonds is 8. The van der Waals surface area contributed by atoms with Crippen molar-refractivity contribution < 1.29 is 0 Å². The topological polar surface area (TPSA) is 61.4 Å². The van der Waals surface area contributed by atoms with E-state index in [9.17, 15) is 0 Å². The van der Waals surface area contributed by atoms with Crippen LogP contribution in [0.1, 0.15) is 0 Å². The molecular weight excluding hydrogens is 785 g/mol. The van der Waals surface area contributed by atoms with Gasteiger partial charge in [0.15, 0.2) is 8.07 Å². The second-order valence-electron chi connectivity index (χ2n) is 15.9. The molecule has 0 N–H and O–H groups in total. The van der Waals surface area contributed by atoms with Crippen LogP contribution in [-0.4, -0.2) is 37.1 Å². The zero-order valence-corrected chi connectivity index (χ0v) is 35.1. The first-order valence-corrected chi connectivity index (χ1v) is 23.2. The van der Waals surface area contributed by atoms with Gasteiger partial charge in [0.05, 0.1) is 22.1 Å². The smallest absolute Gasteiger partial charge is 0.234 e. The second kappa shape index (κ2) is 15.0. The van der Waals surface area contributed by atoms with Gasteiger partial charge in [-0.05, 0) is 56.1 Å². The van der Waals surface area contributed by atoms with Crippen LogP contribution in [0.3, 0.4) is 0 Å². The SMILES string of the molecule is c1ccc([Si](c2ccccc2)(c2cccc(-c3cnc(-n4c5ccccc5c5ccccc54)nc3)c2)c2cccc(-c3cnc(-n4c5ccccc5c5ccccc54)nc3)c2)cc1. The van der Waals surface area contributed by atoms with Crippen LogP contribution in [-0.2, 0) is 0 Å². The summed E-state index contributed by atoms with van der Waals surface area (Å²) in [5, 5.41) is 9.85. The first kappa shape index (κ1) is 36.6. The molecule has 0 atom stereocenters. The van der Waals surface area contributed by atoms with Crippen molar-refractivity contribution in [3.63, 3.8) is 0 Å². The Labute approximate surface area is 365 Å². The van der Waals surface area contributed by atoms with Crippen LogP contribution in [0.25, 0.3) is 77.8 Å². The van der Waals surface area contributed by atoms with Gasteiger partial charge in [-0.3, -0.25) is 9.13 Å². The monoisotopic (exact) mass is 822 g/mol. The summed E-state index contributed by atoms with van der Waals surface area (Å²) in [4.78, 5) is 20.0. The largest absolute Gasteiger partial charge is 0.278 e. The Morgan fingerprint density at radius 1 is 0.270 bits per heavy atom. The summed E-state index contributed by atoms with van der Waals surface area (Å²) in [5.74, 6) is 1.29. The Kier molecular flexibility index (Phi) is 8.72. The molecule has 0 fully saturated rings. The summed E-state index contributed by atoms with van der Waals surface area (Å²) in [5.41, 5.74) is 8.39. The summed E-state index contributed by atoms with van der Waals surface area (Å²) in [6.07, 6.45) is 7.84. The standard InChI is InChI=1S/C56H38N6Si/c1-3-19-43(20-4-1)63(44-21-5-2-6-22-44,45-23-15-17-39(33-45)41-35-57-55(58-36-41)61-51-29-11-7-25-47(51)48-26-8-12-30-52(48)61)46-24-16-18-40(34-46)42-37-59-56(60-38-42)62-53-31-13-9-27-49(53)50-28-10-14-32-54(50)62/h1-38H. The molecule has 8 aromatic carbocycles. The lowest BCUT2D eigenvalue weighted by Gasteiger charge is -2.35. The van der Waals surface area contributed by atoms with E-state index in [4.69, 9.17) is 19.9 Å². The number of benzene rings is 8. The van der Waals surface area contributed by atoms with Gasteiger partial charge < -0.3 is 0 Å². The Bertz CT molecular complexity index is 3270. The molecule has 0 aliphatic rings. The summed E-state index contributed by atoms with van der Waals surface area (Å²) < 4.78 is 4.31. The number of aromatic nitrogens is 6. The van der Waals surface area contributed by atoms with Crippen LogP contribution >= 0.6 is 0 Å². The molecule has 7 heteroatoms. The average molecular weight is 823 g/mol. The summed E-state index contributed by atoms with van der Waals surface area (Å²) in [7, 11) is -2.95. The summed E-state index contributed by atoms with van der Waals surface area (Å²) in [6.45, 7) is 0. The van der Waals surface area contributed by atoms with E-state index in [0.29, 0.717) is 11.9 Å². The molecule has 12 rings (SSSR count). The van der Waals surface area contributed by atoms with E-state index in [2.05, 4.69) is 215 Å². The van der Waals surface area contributed by atoms with Gasteiger partial charge in [0.1, 0.15) is 0 Å². The van der Waals surface area contributed by atoms with Gasteiger partial charge in [0.25, 0.3) is 0 Å². The third-order valence-corrected chi connectivity index (χ3v) is 17.3. The molecule has 4 aromatic heterocycles. The molecule has 0 unspecified atom stereocenters. The highest BCUT2D eigenvalue weighted by atomic mass is 28.3. The van der Waals surface area contributed by atoms with Gasteiger partial charge in [-0.25, -0.2) is 19.9 Å². The van der Waals surface area contributed by atoms with E-state index < -0.39 is 8.07 Å². The fourth-order valence-electron chi connectivity index (χ4n) is 9.69. The maximum atomic E-state index is 5.01. The van der Waals surface area contributed by atoms with E-state index in [1.54, 1.807) is 0 Å². The van der Waals surface area contributed by atoms with Gasteiger partial charge in [-0.1, -0.05) is 182 Å². The second-order valence-corrected chi connectivity index (χ2v) is 19.7. The summed E-state index contributed by atoms with van der Waals surface area (Å²) in [6, 6.07) is 73.9. The lowest BCUT2D eigenvalue weighted by molar-refractivity contribution is 0.990. The predicted octanol–water partition coefficient (Wildman–Crippen LogP) is 10.2. The molecular formula is C56H38N6Si. The number of fused-ring (bicyclic) bond motifs is 6. The first-order valence-electron chi connectivity index (χ1n) is 21.2. The van der Waals surface area contributed by atoms with Gasteiger partial charge in [-0.2, -0.15) is 0 Å². The molecule has 4 heterocycles. The van der Waals surface area contributed by atoms with Gasteiger partial charge >= 0.3 is 0 Å². The third kappa shape index (κ3) is 5.93. The number of nitrogens with zero attached hydrogens (tertiary/aromatic N) is 6. The number of hydrogen-bond donors (Lipinski definition) is 0. The van der Waals surface area contributed by atoms with E-state index in [-0.39, 0.29) is 0 Å². The Morgan fingerprint density at radius 3 is 0.921 bits per heavy atom. The lowest BCUT2D eigenvalue weighted by Crippen LogP contribution is -2.74. The maximum Gasteiger partial charge on any atom is 0.234 e. The fourth-order valence-corrected chi connectivity index (χ4v) is 14.5. The minimum absolute atomic E-state index is 0.647. The van der Waals surface area contributed by atoms with E-state index in [1.807, 2.05) is 24.8 Å². The van der Waals surface area contributed by atoms with Crippen LogP contribution in [0.2, 0.25) is 0 Å². The van der Waals surface area contributed by atoms with Gasteiger partial charge in [0.2, 0.25) is 11.9 Å². The van der Waals surface area contributed by atoms with E-state index in [0.717, 1.165) is 44.3 Å². The van der Waals surface area contributed by atoms with Crippen LogP contribution in [0.4, 0.5) is 0 Å². The summed E-state index contributed by atoms with van der Waals surface area (Å²) >= 11 is 0. The van der Waals surface area contributed by atoms with Crippen molar-refractivity contribution in [3.05, 3.63) is 231 Å². The Morgan fingerprint density at radius 2 is 0.571 bits per heavy atom. The first-order chi connectivity index (χ1) is 31.3. The van der Waals surface area contributed by atoms with Crippen molar-refractivity contribution in [3.8, 4) is 34.2 Å². The molecule has 0 bridgehead atoms. The lowest BCUT2D eigenvalue weighted by atomic mass is 10.1. The van der Waals surface area contributed by atoms with Crippen molar-refractivity contribution in [2.45, 2.75) is 0 Å². The number of para-hydroxylation sites is 4. The van der Waals surface area contributed by atoms with Crippen LogP contribution in [0, 0.1) is 0 Å². The van der Waals surface area contributed by atoms with Crippen molar-refractivity contribution in [1.29, 1.82) is 0 Å². The number of hydrogen-bond acceptors (Lipinski definition) is 4. The van der Waals surface area contributed by atoms with Crippen molar-refractivity contribution in [2.75, 3.05) is 0 Å². The van der Waals surface area contributed by atoms with E-state index >= 15 is 0 Å². The zero-order chi connectivity index (χ0) is 41.7. The maximum absolute atomic E-state index is 5.01. The minimum atomic E-state index is -2.95. The van der Waals surface area contributed by atoms with Gasteiger partial charge in [0, 0.05) is 57.5 Å². The molecule has 0 aliphatic carbocycles. The van der Waals surface area contributed by atoms with Crippen molar-refractivity contribution >= 4 is 72.4 Å². The molecule has 0 amide bonds. The molecule has 63 heavy (non-hydrogen) atoms. The quantitative estimate of drug-likeness (QED) is 0.113. The molecule has 0 radical (unpaired) electrons.